The summed E-state index contributed by atoms with van der Waals surface area (Å²) < 4.78 is 42.8. The third kappa shape index (κ3) is 2.85. The standard InChI is InChI=1S/C13H10F3N3O3S/c1-5-8-6(20)3-2-4-7(8)22-9(5)10(21)17-12-19-18-11(23-12)13(14,15)16/h2-4H2,1H3,(H,17,19,21). The molecule has 0 aliphatic heterocycles. The van der Waals surface area contributed by atoms with E-state index in [9.17, 15) is 22.8 Å². The van der Waals surface area contributed by atoms with Gasteiger partial charge >= 0.3 is 6.18 Å². The number of alkyl halides is 3. The molecule has 1 amide bonds. The molecule has 0 atom stereocenters. The zero-order valence-electron chi connectivity index (χ0n) is 11.8. The van der Waals surface area contributed by atoms with Gasteiger partial charge in [0.05, 0.1) is 5.56 Å². The van der Waals surface area contributed by atoms with E-state index in [1.54, 1.807) is 6.92 Å². The summed E-state index contributed by atoms with van der Waals surface area (Å²) in [6, 6.07) is 0. The number of hydrogen-bond donors (Lipinski definition) is 1. The fourth-order valence-electron chi connectivity index (χ4n) is 2.41. The van der Waals surface area contributed by atoms with Gasteiger partial charge in [-0.05, 0) is 13.3 Å². The molecule has 2 aromatic heterocycles. The molecule has 0 aromatic carbocycles. The summed E-state index contributed by atoms with van der Waals surface area (Å²) in [5.74, 6) is -0.498. The zero-order valence-corrected chi connectivity index (χ0v) is 12.6. The lowest BCUT2D eigenvalue weighted by Crippen LogP contribution is -2.13. The fourth-order valence-corrected chi connectivity index (χ4v) is 3.01. The first-order chi connectivity index (χ1) is 10.8. The molecular formula is C13H10F3N3O3S. The second-order valence-corrected chi connectivity index (χ2v) is 5.97. The maximum absolute atomic E-state index is 12.5. The number of nitrogens with zero attached hydrogens (tertiary/aromatic N) is 2. The van der Waals surface area contributed by atoms with Crippen molar-refractivity contribution in [2.24, 2.45) is 0 Å². The minimum absolute atomic E-state index is 0.0889. The maximum Gasteiger partial charge on any atom is 0.445 e. The van der Waals surface area contributed by atoms with E-state index in [2.05, 4.69) is 15.5 Å². The van der Waals surface area contributed by atoms with Crippen molar-refractivity contribution in [1.29, 1.82) is 0 Å². The van der Waals surface area contributed by atoms with Gasteiger partial charge in [0, 0.05) is 18.4 Å². The van der Waals surface area contributed by atoms with Crippen LogP contribution in [0, 0.1) is 6.92 Å². The highest BCUT2D eigenvalue weighted by molar-refractivity contribution is 7.15. The van der Waals surface area contributed by atoms with Crippen molar-refractivity contribution in [3.63, 3.8) is 0 Å². The molecular weight excluding hydrogens is 335 g/mol. The average Bonchev–Trinajstić information content (AvgIpc) is 3.04. The van der Waals surface area contributed by atoms with Gasteiger partial charge in [0.15, 0.2) is 11.5 Å². The number of halogens is 3. The minimum atomic E-state index is -4.62. The molecule has 122 valence electrons. The highest BCUT2D eigenvalue weighted by Gasteiger charge is 2.36. The number of anilines is 1. The Kier molecular flexibility index (Phi) is 3.71. The third-order valence-corrected chi connectivity index (χ3v) is 4.28. The summed E-state index contributed by atoms with van der Waals surface area (Å²) in [5.41, 5.74) is 0.789. The Balaban J connectivity index is 1.84. The summed E-state index contributed by atoms with van der Waals surface area (Å²) in [7, 11) is 0. The van der Waals surface area contributed by atoms with Crippen molar-refractivity contribution < 1.29 is 27.2 Å². The van der Waals surface area contributed by atoms with Crippen LogP contribution in [0.1, 0.15) is 50.1 Å². The van der Waals surface area contributed by atoms with Gasteiger partial charge in [-0.1, -0.05) is 11.3 Å². The number of furan rings is 1. The van der Waals surface area contributed by atoms with Crippen molar-refractivity contribution in [3.05, 3.63) is 27.7 Å². The number of aryl methyl sites for hydroxylation is 1. The fraction of sp³-hybridized carbons (Fsp3) is 0.385. The van der Waals surface area contributed by atoms with Gasteiger partial charge in [-0.15, -0.1) is 10.2 Å². The van der Waals surface area contributed by atoms with Crippen LogP contribution in [-0.2, 0) is 12.6 Å². The topological polar surface area (TPSA) is 85.1 Å². The maximum atomic E-state index is 12.5. The van der Waals surface area contributed by atoms with Gasteiger partial charge < -0.3 is 4.42 Å². The van der Waals surface area contributed by atoms with Crippen molar-refractivity contribution in [2.45, 2.75) is 32.4 Å². The minimum Gasteiger partial charge on any atom is -0.455 e. The summed E-state index contributed by atoms with van der Waals surface area (Å²) in [6.07, 6.45) is -3.04. The summed E-state index contributed by atoms with van der Waals surface area (Å²) >= 11 is 0.216. The van der Waals surface area contributed by atoms with E-state index >= 15 is 0 Å². The van der Waals surface area contributed by atoms with Crippen LogP contribution >= 0.6 is 11.3 Å². The Hall–Kier alpha value is -2.23. The molecule has 0 radical (unpaired) electrons. The van der Waals surface area contributed by atoms with E-state index in [1.807, 2.05) is 0 Å². The smallest absolute Gasteiger partial charge is 0.445 e. The summed E-state index contributed by atoms with van der Waals surface area (Å²) in [4.78, 5) is 24.0. The largest absolute Gasteiger partial charge is 0.455 e. The molecule has 10 heteroatoms. The van der Waals surface area contributed by atoms with E-state index in [-0.39, 0.29) is 28.0 Å². The number of fused-ring (bicyclic) bond motifs is 1. The molecule has 0 unspecified atom stereocenters. The second kappa shape index (κ2) is 5.44. The summed E-state index contributed by atoms with van der Waals surface area (Å²) in [6.45, 7) is 1.57. The highest BCUT2D eigenvalue weighted by Crippen LogP contribution is 2.34. The molecule has 1 aliphatic carbocycles. The molecule has 0 spiro atoms. The van der Waals surface area contributed by atoms with Crippen molar-refractivity contribution in [1.82, 2.24) is 10.2 Å². The Morgan fingerprint density at radius 3 is 2.65 bits per heavy atom. The van der Waals surface area contributed by atoms with Crippen LogP contribution in [0.4, 0.5) is 18.3 Å². The number of Topliss-reactive ketones (excluding diaryl/α,β-unsaturated/α-hetero) is 1. The number of carbonyl (C=O) groups is 2. The Morgan fingerprint density at radius 2 is 2.04 bits per heavy atom. The van der Waals surface area contributed by atoms with Crippen LogP contribution in [0.5, 0.6) is 0 Å². The highest BCUT2D eigenvalue weighted by atomic mass is 32.1. The first kappa shape index (κ1) is 15.7. The SMILES string of the molecule is Cc1c(C(=O)Nc2nnc(C(F)(F)F)s2)oc2c1C(=O)CCC2. The van der Waals surface area contributed by atoms with E-state index < -0.39 is 17.1 Å². The van der Waals surface area contributed by atoms with Crippen LogP contribution in [0.15, 0.2) is 4.42 Å². The molecule has 0 saturated heterocycles. The number of ketones is 1. The molecule has 1 N–H and O–H groups in total. The lowest BCUT2D eigenvalue weighted by atomic mass is 9.94. The number of hydrogen-bond acceptors (Lipinski definition) is 6. The van der Waals surface area contributed by atoms with Gasteiger partial charge in [0.2, 0.25) is 10.1 Å². The second-order valence-electron chi connectivity index (χ2n) is 5.00. The Bertz CT molecular complexity index is 794. The predicted octanol–water partition coefficient (Wildman–Crippen LogP) is 3.23. The van der Waals surface area contributed by atoms with E-state index in [0.717, 1.165) is 0 Å². The Morgan fingerprint density at radius 1 is 1.30 bits per heavy atom. The van der Waals surface area contributed by atoms with Gasteiger partial charge in [-0.25, -0.2) is 0 Å². The molecule has 0 saturated carbocycles. The lowest BCUT2D eigenvalue weighted by molar-refractivity contribution is -0.138. The number of nitrogens with one attached hydrogen (secondary N) is 1. The molecule has 23 heavy (non-hydrogen) atoms. The van der Waals surface area contributed by atoms with Crippen molar-refractivity contribution in [3.8, 4) is 0 Å². The lowest BCUT2D eigenvalue weighted by Gasteiger charge is -2.07. The first-order valence-electron chi connectivity index (χ1n) is 6.65. The normalized spacial score (nSPS) is 14.7. The molecule has 0 bridgehead atoms. The quantitative estimate of drug-likeness (QED) is 0.903. The van der Waals surface area contributed by atoms with Gasteiger partial charge in [-0.2, -0.15) is 13.2 Å². The third-order valence-electron chi connectivity index (χ3n) is 3.40. The van der Waals surface area contributed by atoms with Gasteiger partial charge in [0.1, 0.15) is 5.76 Å². The van der Waals surface area contributed by atoms with E-state index in [4.69, 9.17) is 4.42 Å². The van der Waals surface area contributed by atoms with Crippen LogP contribution in [-0.4, -0.2) is 21.9 Å². The first-order valence-corrected chi connectivity index (χ1v) is 7.46. The molecule has 0 fully saturated rings. The van der Waals surface area contributed by atoms with Gasteiger partial charge in [0.25, 0.3) is 5.91 Å². The van der Waals surface area contributed by atoms with Crippen LogP contribution in [0.2, 0.25) is 0 Å². The van der Waals surface area contributed by atoms with E-state index in [1.165, 1.54) is 0 Å². The number of aromatic nitrogens is 2. The van der Waals surface area contributed by atoms with Crippen LogP contribution in [0.3, 0.4) is 0 Å². The van der Waals surface area contributed by atoms with Crippen molar-refractivity contribution >= 4 is 28.2 Å². The van der Waals surface area contributed by atoms with Crippen LogP contribution in [0.25, 0.3) is 0 Å². The monoisotopic (exact) mass is 345 g/mol. The molecule has 6 nitrogen and oxygen atoms in total. The average molecular weight is 345 g/mol. The number of amides is 1. The molecule has 2 heterocycles. The predicted molar refractivity (Wildman–Crippen MR) is 73.6 cm³/mol. The number of rotatable bonds is 2. The van der Waals surface area contributed by atoms with Crippen LogP contribution < -0.4 is 5.32 Å². The molecule has 1 aliphatic rings. The molecule has 2 aromatic rings. The number of carbonyl (C=O) groups excluding carboxylic acids is 2. The summed E-state index contributed by atoms with van der Waals surface area (Å²) in [5, 5.41) is 7.03. The van der Waals surface area contributed by atoms with Crippen molar-refractivity contribution in [2.75, 3.05) is 5.32 Å². The zero-order chi connectivity index (χ0) is 16.8. The van der Waals surface area contributed by atoms with E-state index in [0.29, 0.717) is 36.1 Å². The van der Waals surface area contributed by atoms with Gasteiger partial charge in [-0.3, -0.25) is 14.9 Å². The molecule has 3 rings (SSSR count). The Labute approximate surface area is 131 Å².